The molecule has 2 aromatic carbocycles. The number of ether oxygens (including phenoxy) is 2. The molecule has 0 amide bonds. The summed E-state index contributed by atoms with van der Waals surface area (Å²) in [4.78, 5) is 14.9. The average molecular weight is 420 g/mol. The van der Waals surface area contributed by atoms with E-state index in [0.29, 0.717) is 34.2 Å². The predicted octanol–water partition coefficient (Wildman–Crippen LogP) is 3.22. The SMILES string of the molecule is C[C@@H]1CN(CC(O)COc2ccc3oc4ccccc4c(=O)c3c2)C[C@@H](C)O1.Cl. The fourth-order valence-corrected chi connectivity index (χ4v) is 3.85. The van der Waals surface area contributed by atoms with E-state index in [0.717, 1.165) is 13.1 Å². The second kappa shape index (κ2) is 9.13. The van der Waals surface area contributed by atoms with Crippen molar-refractivity contribution in [3.63, 3.8) is 0 Å². The number of nitrogens with zero attached hydrogens (tertiary/aromatic N) is 1. The van der Waals surface area contributed by atoms with Crippen molar-refractivity contribution in [1.29, 1.82) is 0 Å². The van der Waals surface area contributed by atoms with Gasteiger partial charge in [-0.1, -0.05) is 12.1 Å². The van der Waals surface area contributed by atoms with Crippen molar-refractivity contribution in [1.82, 2.24) is 4.90 Å². The van der Waals surface area contributed by atoms with Crippen molar-refractivity contribution < 1.29 is 19.0 Å². The molecule has 1 unspecified atom stereocenters. The van der Waals surface area contributed by atoms with Crippen LogP contribution in [0.1, 0.15) is 13.8 Å². The highest BCUT2D eigenvalue weighted by atomic mass is 35.5. The minimum absolute atomic E-state index is 0. The first-order valence-corrected chi connectivity index (χ1v) is 9.64. The maximum Gasteiger partial charge on any atom is 0.200 e. The van der Waals surface area contributed by atoms with Crippen LogP contribution in [0.4, 0.5) is 0 Å². The molecule has 7 heteroatoms. The number of aliphatic hydroxyl groups excluding tert-OH is 1. The second-order valence-corrected chi connectivity index (χ2v) is 7.53. The number of fused-ring (bicyclic) bond motifs is 2. The molecule has 0 bridgehead atoms. The van der Waals surface area contributed by atoms with Gasteiger partial charge in [0.1, 0.15) is 29.6 Å². The summed E-state index contributed by atoms with van der Waals surface area (Å²) in [6.45, 7) is 6.35. The lowest BCUT2D eigenvalue weighted by atomic mass is 10.1. The minimum Gasteiger partial charge on any atom is -0.491 e. The first-order valence-electron chi connectivity index (χ1n) is 9.64. The Kier molecular flexibility index (Phi) is 6.80. The van der Waals surface area contributed by atoms with Gasteiger partial charge in [-0.15, -0.1) is 12.4 Å². The Balaban J connectivity index is 0.00000240. The molecule has 156 valence electrons. The smallest absolute Gasteiger partial charge is 0.200 e. The van der Waals surface area contributed by atoms with E-state index in [2.05, 4.69) is 4.90 Å². The van der Waals surface area contributed by atoms with Crippen LogP contribution in [0.3, 0.4) is 0 Å². The van der Waals surface area contributed by atoms with Crippen molar-refractivity contribution in [3.05, 3.63) is 52.7 Å². The Hall–Kier alpha value is -2.12. The Labute approximate surface area is 175 Å². The quantitative estimate of drug-likeness (QED) is 0.640. The van der Waals surface area contributed by atoms with Crippen LogP contribution in [-0.4, -0.2) is 54.6 Å². The van der Waals surface area contributed by atoms with Crippen LogP contribution in [0, 0.1) is 0 Å². The molecule has 1 aliphatic rings. The minimum atomic E-state index is -0.624. The zero-order chi connectivity index (χ0) is 19.7. The molecule has 3 aromatic rings. The summed E-state index contributed by atoms with van der Waals surface area (Å²) < 4.78 is 17.3. The molecule has 29 heavy (non-hydrogen) atoms. The maximum atomic E-state index is 12.7. The number of benzene rings is 2. The number of hydrogen-bond acceptors (Lipinski definition) is 6. The van der Waals surface area contributed by atoms with E-state index < -0.39 is 6.10 Å². The number of aliphatic hydroxyl groups is 1. The Morgan fingerprint density at radius 2 is 1.79 bits per heavy atom. The summed E-state index contributed by atoms with van der Waals surface area (Å²) in [7, 11) is 0. The molecular weight excluding hydrogens is 394 g/mol. The molecule has 1 N–H and O–H groups in total. The molecule has 2 heterocycles. The molecule has 0 saturated carbocycles. The fourth-order valence-electron chi connectivity index (χ4n) is 3.85. The topological polar surface area (TPSA) is 72.1 Å². The van der Waals surface area contributed by atoms with Gasteiger partial charge in [0.2, 0.25) is 5.43 Å². The molecule has 1 aliphatic heterocycles. The largest absolute Gasteiger partial charge is 0.491 e. The number of para-hydroxylation sites is 1. The third kappa shape index (κ3) is 4.90. The maximum absolute atomic E-state index is 12.7. The van der Waals surface area contributed by atoms with E-state index >= 15 is 0 Å². The van der Waals surface area contributed by atoms with Gasteiger partial charge in [-0.3, -0.25) is 9.69 Å². The summed E-state index contributed by atoms with van der Waals surface area (Å²) in [5, 5.41) is 11.4. The van der Waals surface area contributed by atoms with Crippen LogP contribution in [0.5, 0.6) is 5.75 Å². The van der Waals surface area contributed by atoms with Gasteiger partial charge in [0.25, 0.3) is 0 Å². The van der Waals surface area contributed by atoms with E-state index in [1.165, 1.54) is 0 Å². The number of rotatable bonds is 5. The summed E-state index contributed by atoms with van der Waals surface area (Å²) in [6, 6.07) is 12.4. The first-order chi connectivity index (χ1) is 13.5. The molecule has 1 saturated heterocycles. The second-order valence-electron chi connectivity index (χ2n) is 7.53. The highest BCUT2D eigenvalue weighted by Gasteiger charge is 2.24. The van der Waals surface area contributed by atoms with Gasteiger partial charge in [0.05, 0.1) is 23.0 Å². The van der Waals surface area contributed by atoms with E-state index in [9.17, 15) is 9.90 Å². The number of halogens is 1. The normalized spacial score (nSPS) is 21.1. The van der Waals surface area contributed by atoms with Gasteiger partial charge in [0.15, 0.2) is 0 Å². The van der Waals surface area contributed by atoms with Gasteiger partial charge in [-0.2, -0.15) is 0 Å². The first kappa shape index (κ1) is 21.6. The predicted molar refractivity (Wildman–Crippen MR) is 115 cm³/mol. The van der Waals surface area contributed by atoms with Crippen molar-refractivity contribution in [2.24, 2.45) is 0 Å². The highest BCUT2D eigenvalue weighted by molar-refractivity contribution is 5.90. The zero-order valence-electron chi connectivity index (χ0n) is 16.5. The average Bonchev–Trinajstić information content (AvgIpc) is 2.66. The number of morpholine rings is 1. The summed E-state index contributed by atoms with van der Waals surface area (Å²) in [5.41, 5.74) is 1.00. The van der Waals surface area contributed by atoms with Gasteiger partial charge >= 0.3 is 0 Å². The molecule has 1 fully saturated rings. The van der Waals surface area contributed by atoms with E-state index in [1.54, 1.807) is 30.3 Å². The van der Waals surface area contributed by atoms with Gasteiger partial charge in [0, 0.05) is 19.6 Å². The fraction of sp³-hybridized carbons (Fsp3) is 0.409. The molecule has 3 atom stereocenters. The van der Waals surface area contributed by atoms with E-state index in [-0.39, 0.29) is 36.7 Å². The molecule has 0 aliphatic carbocycles. The molecule has 4 rings (SSSR count). The van der Waals surface area contributed by atoms with Gasteiger partial charge in [-0.05, 0) is 44.2 Å². The lowest BCUT2D eigenvalue weighted by Gasteiger charge is -2.36. The summed E-state index contributed by atoms with van der Waals surface area (Å²) in [6.07, 6.45) is -0.306. The molecule has 0 radical (unpaired) electrons. The van der Waals surface area contributed by atoms with Crippen molar-refractivity contribution >= 4 is 34.3 Å². The number of hydrogen-bond donors (Lipinski definition) is 1. The van der Waals surface area contributed by atoms with Gasteiger partial charge < -0.3 is 19.0 Å². The Morgan fingerprint density at radius 3 is 2.55 bits per heavy atom. The lowest BCUT2D eigenvalue weighted by molar-refractivity contribution is -0.0786. The van der Waals surface area contributed by atoms with Crippen molar-refractivity contribution in [2.45, 2.75) is 32.2 Å². The van der Waals surface area contributed by atoms with Crippen LogP contribution >= 0.6 is 12.4 Å². The number of β-amino-alcohol motifs (C(OH)–C–C–N with tert-alkyl or cyclic N) is 1. The van der Waals surface area contributed by atoms with E-state index in [4.69, 9.17) is 13.9 Å². The zero-order valence-corrected chi connectivity index (χ0v) is 17.4. The highest BCUT2D eigenvalue weighted by Crippen LogP contribution is 2.22. The summed E-state index contributed by atoms with van der Waals surface area (Å²) in [5.74, 6) is 0.540. The lowest BCUT2D eigenvalue weighted by Crippen LogP contribution is -2.48. The third-order valence-electron chi connectivity index (χ3n) is 4.95. The Bertz CT molecular complexity index is 1030. The van der Waals surface area contributed by atoms with Crippen LogP contribution in [0.2, 0.25) is 0 Å². The van der Waals surface area contributed by atoms with Crippen molar-refractivity contribution in [3.8, 4) is 5.75 Å². The monoisotopic (exact) mass is 419 g/mol. The van der Waals surface area contributed by atoms with Crippen molar-refractivity contribution in [2.75, 3.05) is 26.2 Å². The van der Waals surface area contributed by atoms with Crippen LogP contribution in [-0.2, 0) is 4.74 Å². The molecular formula is C22H26ClNO5. The van der Waals surface area contributed by atoms with E-state index in [1.807, 2.05) is 26.0 Å². The van der Waals surface area contributed by atoms with Crippen LogP contribution < -0.4 is 10.2 Å². The van der Waals surface area contributed by atoms with Gasteiger partial charge in [-0.25, -0.2) is 0 Å². The standard InChI is InChI=1S/C22H25NO5.ClH/c1-14-10-23(11-15(2)27-14)12-16(24)13-26-17-7-8-21-19(9-17)22(25)18-5-3-4-6-20(18)28-21;/h3-9,14-16,24H,10-13H2,1-2H3;1H/t14-,15-,16?;/m1./s1. The Morgan fingerprint density at radius 1 is 1.10 bits per heavy atom. The summed E-state index contributed by atoms with van der Waals surface area (Å²) >= 11 is 0. The molecule has 6 nitrogen and oxygen atoms in total. The molecule has 0 spiro atoms. The molecule has 1 aromatic heterocycles. The third-order valence-corrected chi connectivity index (χ3v) is 4.95. The van der Waals surface area contributed by atoms with Crippen LogP contribution in [0.25, 0.3) is 21.9 Å². The van der Waals surface area contributed by atoms with Crippen LogP contribution in [0.15, 0.2) is 51.7 Å².